The Morgan fingerprint density at radius 3 is 2.40 bits per heavy atom. The average molecular weight is 474 g/mol. The number of fused-ring (bicyclic) bond motifs is 1. The molecular weight excluding hydrogens is 445 g/mol. The molecule has 1 spiro atoms. The fourth-order valence-corrected chi connectivity index (χ4v) is 4.95. The van der Waals surface area contributed by atoms with Gasteiger partial charge in [-0.05, 0) is 36.4 Å². The highest BCUT2D eigenvalue weighted by atomic mass is 19.1. The Kier molecular flexibility index (Phi) is 6.13. The SMILES string of the molecule is CN(c1ccccc1)N1C(=O)c2ccccc2NC12CCN(CC(=O)Nc1ccccc1F)CC2. The van der Waals surface area contributed by atoms with Crippen molar-refractivity contribution in [3.63, 3.8) is 0 Å². The fraction of sp³-hybridized carbons (Fsp3) is 0.259. The van der Waals surface area contributed by atoms with E-state index in [1.54, 1.807) is 18.2 Å². The van der Waals surface area contributed by atoms with Crippen molar-refractivity contribution < 1.29 is 14.0 Å². The van der Waals surface area contributed by atoms with Crippen molar-refractivity contribution in [3.8, 4) is 0 Å². The first kappa shape index (κ1) is 22.9. The summed E-state index contributed by atoms with van der Waals surface area (Å²) in [5, 5.41) is 10.0. The maximum atomic E-state index is 13.9. The minimum absolute atomic E-state index is 0.0588. The Balaban J connectivity index is 1.35. The normalized spacial score (nSPS) is 17.0. The summed E-state index contributed by atoms with van der Waals surface area (Å²) < 4.78 is 13.9. The zero-order valence-electron chi connectivity index (χ0n) is 19.6. The van der Waals surface area contributed by atoms with Gasteiger partial charge < -0.3 is 10.6 Å². The van der Waals surface area contributed by atoms with Gasteiger partial charge in [0.15, 0.2) is 0 Å². The van der Waals surface area contributed by atoms with Gasteiger partial charge in [-0.25, -0.2) is 9.40 Å². The molecule has 0 aliphatic carbocycles. The van der Waals surface area contributed by atoms with Gasteiger partial charge in [0.05, 0.1) is 23.5 Å². The first-order chi connectivity index (χ1) is 17.0. The molecule has 1 saturated heterocycles. The van der Waals surface area contributed by atoms with Gasteiger partial charge in [-0.2, -0.15) is 0 Å². The molecule has 0 atom stereocenters. The second-order valence-corrected chi connectivity index (χ2v) is 8.98. The number of carbonyl (C=O) groups is 2. The molecule has 35 heavy (non-hydrogen) atoms. The number of nitrogens with one attached hydrogen (secondary N) is 2. The van der Waals surface area contributed by atoms with Crippen LogP contribution in [0.15, 0.2) is 78.9 Å². The first-order valence-corrected chi connectivity index (χ1v) is 11.7. The monoisotopic (exact) mass is 473 g/mol. The summed E-state index contributed by atoms with van der Waals surface area (Å²) in [5.74, 6) is -0.777. The molecule has 3 aromatic carbocycles. The van der Waals surface area contributed by atoms with E-state index in [-0.39, 0.29) is 24.0 Å². The smallest absolute Gasteiger partial charge is 0.276 e. The van der Waals surface area contributed by atoms with Crippen LogP contribution in [0.2, 0.25) is 0 Å². The number of hydrogen-bond acceptors (Lipinski definition) is 5. The molecule has 180 valence electrons. The number of amides is 2. The summed E-state index contributed by atoms with van der Waals surface area (Å²) >= 11 is 0. The van der Waals surface area contributed by atoms with Crippen LogP contribution >= 0.6 is 0 Å². The lowest BCUT2D eigenvalue weighted by Crippen LogP contribution is -2.68. The van der Waals surface area contributed by atoms with E-state index in [2.05, 4.69) is 10.6 Å². The van der Waals surface area contributed by atoms with Gasteiger partial charge in [0, 0.05) is 38.7 Å². The molecule has 3 aromatic rings. The van der Waals surface area contributed by atoms with E-state index in [0.29, 0.717) is 31.5 Å². The maximum Gasteiger partial charge on any atom is 0.276 e. The summed E-state index contributed by atoms with van der Waals surface area (Å²) in [7, 11) is 1.90. The molecule has 0 aromatic heterocycles. The van der Waals surface area contributed by atoms with Gasteiger partial charge in [0.25, 0.3) is 5.91 Å². The minimum atomic E-state index is -0.630. The van der Waals surface area contributed by atoms with Gasteiger partial charge in [0.1, 0.15) is 11.5 Å². The molecule has 0 bridgehead atoms. The van der Waals surface area contributed by atoms with Crippen LogP contribution in [0.3, 0.4) is 0 Å². The predicted octanol–water partition coefficient (Wildman–Crippen LogP) is 4.18. The highest BCUT2D eigenvalue weighted by Gasteiger charge is 2.48. The molecule has 5 rings (SSSR count). The van der Waals surface area contributed by atoms with Gasteiger partial charge in [-0.3, -0.25) is 19.5 Å². The third-order valence-electron chi connectivity index (χ3n) is 6.75. The van der Waals surface area contributed by atoms with Gasteiger partial charge in [-0.15, -0.1) is 0 Å². The van der Waals surface area contributed by atoms with E-state index in [1.165, 1.54) is 6.07 Å². The van der Waals surface area contributed by atoms with E-state index in [9.17, 15) is 14.0 Å². The second kappa shape index (κ2) is 9.38. The van der Waals surface area contributed by atoms with Crippen molar-refractivity contribution in [1.82, 2.24) is 9.91 Å². The zero-order chi connectivity index (χ0) is 24.4. The lowest BCUT2D eigenvalue weighted by atomic mass is 9.91. The van der Waals surface area contributed by atoms with Crippen LogP contribution < -0.4 is 15.6 Å². The van der Waals surface area contributed by atoms with E-state index in [0.717, 1.165) is 11.4 Å². The summed E-state index contributed by atoms with van der Waals surface area (Å²) in [6, 6.07) is 23.5. The quantitative estimate of drug-likeness (QED) is 0.582. The fourth-order valence-electron chi connectivity index (χ4n) is 4.95. The molecule has 2 amide bonds. The van der Waals surface area contributed by atoms with Gasteiger partial charge in [-0.1, -0.05) is 42.5 Å². The lowest BCUT2D eigenvalue weighted by Gasteiger charge is -2.54. The average Bonchev–Trinajstić information content (AvgIpc) is 2.87. The maximum absolute atomic E-state index is 13.9. The molecule has 2 heterocycles. The van der Waals surface area contributed by atoms with E-state index < -0.39 is 11.5 Å². The number of nitrogens with zero attached hydrogens (tertiary/aromatic N) is 3. The summed E-state index contributed by atoms with van der Waals surface area (Å²) in [6.07, 6.45) is 1.24. The third-order valence-corrected chi connectivity index (χ3v) is 6.75. The Labute approximate surface area is 204 Å². The third kappa shape index (κ3) is 4.44. The summed E-state index contributed by atoms with van der Waals surface area (Å²) in [4.78, 5) is 28.3. The van der Waals surface area contributed by atoms with Crippen LogP contribution in [-0.2, 0) is 4.79 Å². The highest BCUT2D eigenvalue weighted by Crippen LogP contribution is 2.39. The van der Waals surface area contributed by atoms with E-state index >= 15 is 0 Å². The van der Waals surface area contributed by atoms with E-state index in [1.807, 2.05) is 76.6 Å². The number of carbonyl (C=O) groups excluding carboxylic acids is 2. The first-order valence-electron chi connectivity index (χ1n) is 11.7. The molecule has 8 heteroatoms. The number of piperidine rings is 1. The molecule has 1 fully saturated rings. The molecule has 7 nitrogen and oxygen atoms in total. The van der Waals surface area contributed by atoms with E-state index in [4.69, 9.17) is 0 Å². The molecule has 0 saturated carbocycles. The molecule has 0 unspecified atom stereocenters. The number of hydrogen-bond donors (Lipinski definition) is 2. The minimum Gasteiger partial charge on any atom is -0.360 e. The number of anilines is 3. The highest BCUT2D eigenvalue weighted by molar-refractivity contribution is 6.03. The van der Waals surface area contributed by atoms with Crippen molar-refractivity contribution in [2.45, 2.75) is 18.5 Å². The van der Waals surface area contributed by atoms with Crippen molar-refractivity contribution in [2.75, 3.05) is 42.3 Å². The zero-order valence-corrected chi connectivity index (χ0v) is 19.6. The Hall–Kier alpha value is -3.91. The Morgan fingerprint density at radius 2 is 1.66 bits per heavy atom. The van der Waals surface area contributed by atoms with Gasteiger partial charge >= 0.3 is 0 Å². The summed E-state index contributed by atoms with van der Waals surface area (Å²) in [5.41, 5.74) is 1.91. The number of halogens is 1. The van der Waals surface area contributed by atoms with Crippen LogP contribution in [-0.4, -0.2) is 54.1 Å². The van der Waals surface area contributed by atoms with Crippen molar-refractivity contribution >= 4 is 28.9 Å². The predicted molar refractivity (Wildman–Crippen MR) is 135 cm³/mol. The number of likely N-dealkylation sites (tertiary alicyclic amines) is 1. The lowest BCUT2D eigenvalue weighted by molar-refractivity contribution is -0.118. The molecule has 2 aliphatic heterocycles. The standard InChI is InChI=1S/C27H28FN5O2/c1-31(20-9-3-2-4-10-20)33-26(35)21-11-5-7-13-23(21)30-27(33)15-17-32(18-16-27)19-25(34)29-24-14-8-6-12-22(24)28/h2-14,30H,15-19H2,1H3,(H,29,34). The number of hydrazine groups is 1. The van der Waals surface area contributed by atoms with Crippen molar-refractivity contribution in [2.24, 2.45) is 0 Å². The molecule has 2 N–H and O–H groups in total. The van der Waals surface area contributed by atoms with Crippen LogP contribution in [0.1, 0.15) is 23.2 Å². The van der Waals surface area contributed by atoms with Crippen LogP contribution in [0.25, 0.3) is 0 Å². The Bertz CT molecular complexity index is 1230. The van der Waals surface area contributed by atoms with Crippen LogP contribution in [0, 0.1) is 5.82 Å². The van der Waals surface area contributed by atoms with Crippen LogP contribution in [0.5, 0.6) is 0 Å². The molecule has 2 aliphatic rings. The van der Waals surface area contributed by atoms with Crippen molar-refractivity contribution in [3.05, 3.63) is 90.2 Å². The number of rotatable bonds is 5. The number of para-hydroxylation sites is 3. The second-order valence-electron chi connectivity index (χ2n) is 8.98. The largest absolute Gasteiger partial charge is 0.360 e. The van der Waals surface area contributed by atoms with Gasteiger partial charge in [0.2, 0.25) is 5.91 Å². The topological polar surface area (TPSA) is 67.9 Å². The van der Waals surface area contributed by atoms with Crippen LogP contribution in [0.4, 0.5) is 21.5 Å². The summed E-state index contributed by atoms with van der Waals surface area (Å²) in [6.45, 7) is 1.36. The molecular formula is C27H28FN5O2. The molecule has 0 radical (unpaired) electrons. The Morgan fingerprint density at radius 1 is 1.00 bits per heavy atom. The van der Waals surface area contributed by atoms with Crippen molar-refractivity contribution in [1.29, 1.82) is 0 Å². The number of benzene rings is 3.